The number of halogens is 1. The molecule has 148 valence electrons. The molecule has 1 aromatic carbocycles. The molecule has 28 heavy (non-hydrogen) atoms. The van der Waals surface area contributed by atoms with Crippen LogP contribution in [0.4, 0.5) is 0 Å². The fraction of sp³-hybridized carbons (Fsp3) is 0.522. The molecule has 3 aliphatic rings. The van der Waals surface area contributed by atoms with Crippen LogP contribution in [0.3, 0.4) is 0 Å². The summed E-state index contributed by atoms with van der Waals surface area (Å²) in [5.41, 5.74) is 1.33. The minimum absolute atomic E-state index is 0.305. The highest BCUT2D eigenvalue weighted by molar-refractivity contribution is 6.28. The first-order valence-corrected chi connectivity index (χ1v) is 10.9. The first-order chi connectivity index (χ1) is 13.7. The second-order valence-electron chi connectivity index (χ2n) is 8.67. The molecule has 0 saturated carbocycles. The van der Waals surface area contributed by atoms with Gasteiger partial charge < -0.3 is 9.32 Å². The van der Waals surface area contributed by atoms with Crippen molar-refractivity contribution in [3.05, 3.63) is 59.0 Å². The van der Waals surface area contributed by atoms with Crippen molar-refractivity contribution in [2.45, 2.75) is 50.7 Å². The lowest BCUT2D eigenvalue weighted by Crippen LogP contribution is -2.65. The van der Waals surface area contributed by atoms with Gasteiger partial charge in [0, 0.05) is 31.6 Å². The van der Waals surface area contributed by atoms with Crippen LogP contribution >= 0.6 is 11.6 Å². The third kappa shape index (κ3) is 3.48. The number of hydrogen-bond acceptors (Lipinski definition) is 3. The van der Waals surface area contributed by atoms with Crippen LogP contribution in [0.1, 0.15) is 37.0 Å². The first kappa shape index (κ1) is 18.3. The number of rotatable bonds is 4. The highest BCUT2D eigenvalue weighted by atomic mass is 35.5. The molecule has 0 radical (unpaired) electrons. The zero-order valence-electron chi connectivity index (χ0n) is 16.1. The third-order valence-corrected chi connectivity index (χ3v) is 7.07. The van der Waals surface area contributed by atoms with Crippen LogP contribution in [0.2, 0.25) is 5.22 Å². The lowest BCUT2D eigenvalue weighted by molar-refractivity contribution is -0.153. The van der Waals surface area contributed by atoms with Crippen molar-refractivity contribution < 1.29 is 9.21 Å². The number of benzene rings is 1. The molecule has 2 aromatic rings. The van der Waals surface area contributed by atoms with Crippen LogP contribution in [0.5, 0.6) is 0 Å². The highest BCUT2D eigenvalue weighted by Crippen LogP contribution is 2.42. The van der Waals surface area contributed by atoms with Gasteiger partial charge in [-0.25, -0.2) is 0 Å². The molecule has 0 unspecified atom stereocenters. The molecule has 4 nitrogen and oxygen atoms in total. The monoisotopic (exact) mass is 398 g/mol. The Hall–Kier alpha value is -1.78. The van der Waals surface area contributed by atoms with Crippen LogP contribution < -0.4 is 0 Å². The Morgan fingerprint density at radius 3 is 2.68 bits per heavy atom. The molecule has 1 aromatic heterocycles. The number of amides is 1. The number of furan rings is 1. The standard InChI is InChI=1S/C23H27ClN2O2/c24-22-10-9-19(28-22)15-25-13-17-12-18(14-25)21(11-16-5-2-1-3-6-16)26-20(17)7-4-8-23(26)27/h1-3,5-6,9-10,17-18,20-21H,4,7-8,11-15H2/t17-,18+,20+,21+/m1/s1. The van der Waals surface area contributed by atoms with Gasteiger partial charge in [0.25, 0.3) is 0 Å². The highest BCUT2D eigenvalue weighted by Gasteiger charge is 2.49. The largest absolute Gasteiger partial charge is 0.448 e. The van der Waals surface area contributed by atoms with Crippen LogP contribution in [-0.4, -0.2) is 40.9 Å². The summed E-state index contributed by atoms with van der Waals surface area (Å²) in [7, 11) is 0. The molecule has 5 heteroatoms. The van der Waals surface area contributed by atoms with E-state index in [2.05, 4.69) is 40.1 Å². The predicted octanol–water partition coefficient (Wildman–Crippen LogP) is 4.38. The normalized spacial score (nSPS) is 30.3. The number of carbonyl (C=O) groups excluding carboxylic acids is 1. The van der Waals surface area contributed by atoms with E-state index in [1.54, 1.807) is 0 Å². The number of nitrogens with zero attached hydrogens (tertiary/aromatic N) is 2. The molecule has 5 rings (SSSR count). The molecule has 0 N–H and O–H groups in total. The molecular formula is C23H27ClN2O2. The second kappa shape index (κ2) is 7.57. The molecule has 3 saturated heterocycles. The van der Waals surface area contributed by atoms with Gasteiger partial charge in [0.2, 0.25) is 5.91 Å². The van der Waals surface area contributed by atoms with Crippen LogP contribution in [0.25, 0.3) is 0 Å². The van der Waals surface area contributed by atoms with E-state index in [-0.39, 0.29) is 0 Å². The van der Waals surface area contributed by atoms with E-state index in [1.165, 1.54) is 12.0 Å². The van der Waals surface area contributed by atoms with Crippen molar-refractivity contribution in [1.82, 2.24) is 9.80 Å². The minimum atomic E-state index is 0.305. The maximum atomic E-state index is 12.9. The van der Waals surface area contributed by atoms with E-state index in [9.17, 15) is 4.79 Å². The summed E-state index contributed by atoms with van der Waals surface area (Å²) in [6, 6.07) is 15.2. The van der Waals surface area contributed by atoms with Crippen molar-refractivity contribution >= 4 is 17.5 Å². The maximum absolute atomic E-state index is 12.9. The van der Waals surface area contributed by atoms with Crippen molar-refractivity contribution in [2.24, 2.45) is 11.8 Å². The molecule has 2 bridgehead atoms. The van der Waals surface area contributed by atoms with Crippen molar-refractivity contribution in [3.8, 4) is 0 Å². The van der Waals surface area contributed by atoms with E-state index in [4.69, 9.17) is 16.0 Å². The number of likely N-dealkylation sites (tertiary alicyclic amines) is 1. The number of hydrogen-bond donors (Lipinski definition) is 0. The van der Waals surface area contributed by atoms with Gasteiger partial charge >= 0.3 is 0 Å². The average molecular weight is 399 g/mol. The topological polar surface area (TPSA) is 36.7 Å². The Kier molecular flexibility index (Phi) is 4.93. The molecular weight excluding hydrogens is 372 g/mol. The second-order valence-corrected chi connectivity index (χ2v) is 9.05. The van der Waals surface area contributed by atoms with E-state index in [1.807, 2.05) is 12.1 Å². The average Bonchev–Trinajstić information content (AvgIpc) is 3.11. The molecule has 4 heterocycles. The van der Waals surface area contributed by atoms with Crippen LogP contribution in [-0.2, 0) is 17.8 Å². The summed E-state index contributed by atoms with van der Waals surface area (Å²) < 4.78 is 5.61. The molecule has 0 aliphatic carbocycles. The summed E-state index contributed by atoms with van der Waals surface area (Å²) in [4.78, 5) is 17.7. The van der Waals surface area contributed by atoms with Gasteiger partial charge in [-0.05, 0) is 66.8 Å². The van der Waals surface area contributed by atoms with E-state index in [0.29, 0.717) is 35.0 Å². The van der Waals surface area contributed by atoms with E-state index < -0.39 is 0 Å². The van der Waals surface area contributed by atoms with Crippen LogP contribution in [0, 0.1) is 11.8 Å². The molecule has 3 aliphatic heterocycles. The van der Waals surface area contributed by atoms with Gasteiger partial charge in [-0.15, -0.1) is 0 Å². The minimum Gasteiger partial charge on any atom is -0.448 e. The first-order valence-electron chi connectivity index (χ1n) is 10.5. The van der Waals surface area contributed by atoms with Crippen LogP contribution in [0.15, 0.2) is 46.9 Å². The predicted molar refractivity (Wildman–Crippen MR) is 109 cm³/mol. The van der Waals surface area contributed by atoms with Gasteiger partial charge in [0.1, 0.15) is 5.76 Å². The number of carbonyl (C=O) groups is 1. The van der Waals surface area contributed by atoms with Gasteiger partial charge in [-0.2, -0.15) is 0 Å². The van der Waals surface area contributed by atoms with E-state index in [0.717, 1.165) is 51.1 Å². The lowest BCUT2D eigenvalue weighted by atomic mass is 9.71. The van der Waals surface area contributed by atoms with Crippen molar-refractivity contribution in [2.75, 3.05) is 13.1 Å². The van der Waals surface area contributed by atoms with E-state index >= 15 is 0 Å². The Balaban J connectivity index is 1.40. The smallest absolute Gasteiger partial charge is 0.223 e. The Morgan fingerprint density at radius 1 is 1.07 bits per heavy atom. The molecule has 1 amide bonds. The summed E-state index contributed by atoms with van der Waals surface area (Å²) >= 11 is 5.97. The zero-order chi connectivity index (χ0) is 19.1. The van der Waals surface area contributed by atoms with Crippen molar-refractivity contribution in [1.29, 1.82) is 0 Å². The quantitative estimate of drug-likeness (QED) is 0.767. The van der Waals surface area contributed by atoms with Gasteiger partial charge in [-0.3, -0.25) is 9.69 Å². The lowest BCUT2D eigenvalue weighted by Gasteiger charge is -2.56. The summed E-state index contributed by atoms with van der Waals surface area (Å²) in [5, 5.41) is 0.457. The SMILES string of the molecule is O=C1CCC[C@H]2[C@@H]3C[C@@H](CN(Cc4ccc(Cl)o4)C3)[C@H](Cc3ccccc3)N12. The zero-order valence-corrected chi connectivity index (χ0v) is 16.9. The number of fused-ring (bicyclic) bond motifs is 4. The molecule has 0 spiro atoms. The number of piperidine rings is 3. The van der Waals surface area contributed by atoms with Gasteiger partial charge in [0.05, 0.1) is 6.54 Å². The molecule has 4 atom stereocenters. The summed E-state index contributed by atoms with van der Waals surface area (Å²) in [6.45, 7) is 2.86. The Bertz CT molecular complexity index is 836. The summed E-state index contributed by atoms with van der Waals surface area (Å²) in [6.07, 6.45) is 5.10. The Morgan fingerprint density at radius 2 is 1.89 bits per heavy atom. The summed E-state index contributed by atoms with van der Waals surface area (Å²) in [5.74, 6) is 2.39. The Labute approximate surface area is 171 Å². The molecule has 3 fully saturated rings. The van der Waals surface area contributed by atoms with Gasteiger partial charge in [-0.1, -0.05) is 30.3 Å². The maximum Gasteiger partial charge on any atom is 0.223 e. The third-order valence-electron chi connectivity index (χ3n) is 6.87. The fourth-order valence-corrected chi connectivity index (χ4v) is 5.94. The van der Waals surface area contributed by atoms with Gasteiger partial charge in [0.15, 0.2) is 5.22 Å². The van der Waals surface area contributed by atoms with Crippen molar-refractivity contribution in [3.63, 3.8) is 0 Å². The fourth-order valence-electron chi connectivity index (χ4n) is 5.78.